The van der Waals surface area contributed by atoms with Gasteiger partial charge in [-0.1, -0.05) is 19.9 Å². The highest BCUT2D eigenvalue weighted by Crippen LogP contribution is 2.03. The molecule has 3 nitrogen and oxygen atoms in total. The zero-order chi connectivity index (χ0) is 11.8. The fourth-order valence-electron chi connectivity index (χ4n) is 1.69. The van der Waals surface area contributed by atoms with E-state index in [1.54, 1.807) is 12.4 Å². The molecule has 0 saturated carbocycles. The van der Waals surface area contributed by atoms with Gasteiger partial charge in [-0.3, -0.25) is 9.78 Å². The number of aromatic nitrogens is 1. The van der Waals surface area contributed by atoms with E-state index in [0.29, 0.717) is 6.42 Å². The van der Waals surface area contributed by atoms with Crippen molar-refractivity contribution < 1.29 is 4.79 Å². The van der Waals surface area contributed by atoms with Crippen molar-refractivity contribution >= 4 is 5.91 Å². The second kappa shape index (κ2) is 6.99. The lowest BCUT2D eigenvalue weighted by Gasteiger charge is -2.21. The Hall–Kier alpha value is -1.38. The fourth-order valence-corrected chi connectivity index (χ4v) is 1.69. The van der Waals surface area contributed by atoms with Crippen molar-refractivity contribution in [1.82, 2.24) is 9.88 Å². The van der Waals surface area contributed by atoms with E-state index in [1.807, 2.05) is 17.0 Å². The van der Waals surface area contributed by atoms with Crippen LogP contribution in [0, 0.1) is 0 Å². The van der Waals surface area contributed by atoms with Gasteiger partial charge < -0.3 is 4.90 Å². The Labute approximate surface area is 97.5 Å². The summed E-state index contributed by atoms with van der Waals surface area (Å²) >= 11 is 0. The number of pyridine rings is 1. The van der Waals surface area contributed by atoms with E-state index in [-0.39, 0.29) is 5.91 Å². The monoisotopic (exact) mass is 220 g/mol. The van der Waals surface area contributed by atoms with Gasteiger partial charge in [0, 0.05) is 25.5 Å². The van der Waals surface area contributed by atoms with Gasteiger partial charge >= 0.3 is 0 Å². The molecular weight excluding hydrogens is 200 g/mol. The fraction of sp³-hybridized carbons (Fsp3) is 0.538. The number of nitrogens with zero attached hydrogens (tertiary/aromatic N) is 2. The number of amides is 1. The average molecular weight is 220 g/mol. The zero-order valence-corrected chi connectivity index (χ0v) is 10.1. The molecule has 0 aromatic carbocycles. The van der Waals surface area contributed by atoms with Crippen LogP contribution in [0.4, 0.5) is 0 Å². The highest BCUT2D eigenvalue weighted by atomic mass is 16.2. The molecule has 0 bridgehead atoms. The molecule has 0 radical (unpaired) electrons. The first kappa shape index (κ1) is 12.7. The Balaban J connectivity index is 2.55. The topological polar surface area (TPSA) is 33.2 Å². The summed E-state index contributed by atoms with van der Waals surface area (Å²) < 4.78 is 0. The molecular formula is C13H20N2O. The quantitative estimate of drug-likeness (QED) is 0.737. The highest BCUT2D eigenvalue weighted by molar-refractivity contribution is 5.78. The summed E-state index contributed by atoms with van der Waals surface area (Å²) in [4.78, 5) is 17.9. The summed E-state index contributed by atoms with van der Waals surface area (Å²) in [5, 5.41) is 0. The third-order valence-electron chi connectivity index (χ3n) is 2.42. The summed E-state index contributed by atoms with van der Waals surface area (Å²) in [7, 11) is 0. The van der Waals surface area contributed by atoms with Gasteiger partial charge in [0.1, 0.15) is 0 Å². The summed E-state index contributed by atoms with van der Waals surface area (Å²) in [6, 6.07) is 3.81. The Morgan fingerprint density at radius 3 is 2.50 bits per heavy atom. The maximum Gasteiger partial charge on any atom is 0.227 e. The first-order valence-corrected chi connectivity index (χ1v) is 5.94. The molecule has 0 atom stereocenters. The molecule has 0 unspecified atom stereocenters. The molecule has 0 saturated heterocycles. The van der Waals surface area contributed by atoms with Crippen molar-refractivity contribution in [2.24, 2.45) is 0 Å². The lowest BCUT2D eigenvalue weighted by Crippen LogP contribution is -2.33. The van der Waals surface area contributed by atoms with E-state index in [1.165, 1.54) is 0 Å². The molecule has 1 rings (SSSR count). The van der Waals surface area contributed by atoms with Crippen LogP contribution in [0.15, 0.2) is 24.5 Å². The molecule has 3 heteroatoms. The lowest BCUT2D eigenvalue weighted by molar-refractivity contribution is -0.130. The smallest absolute Gasteiger partial charge is 0.227 e. The van der Waals surface area contributed by atoms with Gasteiger partial charge in [0.05, 0.1) is 6.42 Å². The van der Waals surface area contributed by atoms with Gasteiger partial charge in [-0.15, -0.1) is 0 Å². The molecule has 0 N–H and O–H groups in total. The van der Waals surface area contributed by atoms with E-state index >= 15 is 0 Å². The van der Waals surface area contributed by atoms with Crippen LogP contribution in [0.5, 0.6) is 0 Å². The van der Waals surface area contributed by atoms with E-state index in [0.717, 1.165) is 31.5 Å². The van der Waals surface area contributed by atoms with E-state index < -0.39 is 0 Å². The second-order valence-electron chi connectivity index (χ2n) is 3.92. The van der Waals surface area contributed by atoms with Gasteiger partial charge in [-0.05, 0) is 24.5 Å². The molecule has 88 valence electrons. The third-order valence-corrected chi connectivity index (χ3v) is 2.42. The van der Waals surface area contributed by atoms with Crippen molar-refractivity contribution in [1.29, 1.82) is 0 Å². The normalized spacial score (nSPS) is 10.1. The minimum atomic E-state index is 0.205. The maximum absolute atomic E-state index is 12.0. The minimum absolute atomic E-state index is 0.205. The average Bonchev–Trinajstić information content (AvgIpc) is 2.30. The van der Waals surface area contributed by atoms with E-state index in [2.05, 4.69) is 18.8 Å². The summed E-state index contributed by atoms with van der Waals surface area (Å²) in [6.07, 6.45) is 5.98. The summed E-state index contributed by atoms with van der Waals surface area (Å²) in [5.41, 5.74) is 0.990. The Kier molecular flexibility index (Phi) is 5.54. The predicted octanol–water partition coefficient (Wildman–Crippen LogP) is 2.27. The number of carbonyl (C=O) groups is 1. The lowest BCUT2D eigenvalue weighted by atomic mass is 10.2. The van der Waals surface area contributed by atoms with Crippen molar-refractivity contribution in [3.63, 3.8) is 0 Å². The van der Waals surface area contributed by atoms with Crippen LogP contribution >= 0.6 is 0 Å². The molecule has 1 heterocycles. The van der Waals surface area contributed by atoms with Gasteiger partial charge in [-0.2, -0.15) is 0 Å². The molecule has 1 aromatic rings. The van der Waals surface area contributed by atoms with Gasteiger partial charge in [0.25, 0.3) is 0 Å². The van der Waals surface area contributed by atoms with Crippen LogP contribution in [-0.4, -0.2) is 28.9 Å². The maximum atomic E-state index is 12.0. The van der Waals surface area contributed by atoms with Crippen LogP contribution in [0.2, 0.25) is 0 Å². The zero-order valence-electron chi connectivity index (χ0n) is 10.1. The van der Waals surface area contributed by atoms with E-state index in [4.69, 9.17) is 0 Å². The second-order valence-corrected chi connectivity index (χ2v) is 3.92. The Bertz CT molecular complexity index is 305. The number of hydrogen-bond donors (Lipinski definition) is 0. The molecule has 0 aliphatic rings. The SMILES string of the molecule is CCCN(CCC)C(=O)Cc1cccnc1. The van der Waals surface area contributed by atoms with E-state index in [9.17, 15) is 4.79 Å². The van der Waals surface area contributed by atoms with Crippen LogP contribution in [0.25, 0.3) is 0 Å². The predicted molar refractivity (Wildman–Crippen MR) is 65.1 cm³/mol. The number of rotatable bonds is 6. The third kappa shape index (κ3) is 4.01. The van der Waals surface area contributed by atoms with Crippen LogP contribution in [0.1, 0.15) is 32.3 Å². The molecule has 16 heavy (non-hydrogen) atoms. The first-order chi connectivity index (χ1) is 7.77. The van der Waals surface area contributed by atoms with Gasteiger partial charge in [0.15, 0.2) is 0 Å². The standard InChI is InChI=1S/C13H20N2O/c1-3-8-15(9-4-2)13(16)10-12-6-5-7-14-11-12/h5-7,11H,3-4,8-10H2,1-2H3. The van der Waals surface area contributed by atoms with Crippen LogP contribution in [-0.2, 0) is 11.2 Å². The molecule has 1 amide bonds. The number of hydrogen-bond acceptors (Lipinski definition) is 2. The largest absolute Gasteiger partial charge is 0.342 e. The minimum Gasteiger partial charge on any atom is -0.342 e. The Morgan fingerprint density at radius 1 is 1.31 bits per heavy atom. The molecule has 0 spiro atoms. The molecule has 1 aromatic heterocycles. The summed E-state index contributed by atoms with van der Waals surface area (Å²) in [6.45, 7) is 5.90. The van der Waals surface area contributed by atoms with Crippen molar-refractivity contribution in [3.8, 4) is 0 Å². The van der Waals surface area contributed by atoms with Gasteiger partial charge in [-0.25, -0.2) is 0 Å². The molecule has 0 fully saturated rings. The van der Waals surface area contributed by atoms with Crippen molar-refractivity contribution in [2.45, 2.75) is 33.1 Å². The molecule has 0 aliphatic heterocycles. The highest BCUT2D eigenvalue weighted by Gasteiger charge is 2.11. The molecule has 0 aliphatic carbocycles. The van der Waals surface area contributed by atoms with Crippen LogP contribution < -0.4 is 0 Å². The van der Waals surface area contributed by atoms with Crippen molar-refractivity contribution in [3.05, 3.63) is 30.1 Å². The van der Waals surface area contributed by atoms with Gasteiger partial charge in [0.2, 0.25) is 5.91 Å². The van der Waals surface area contributed by atoms with Crippen LogP contribution in [0.3, 0.4) is 0 Å². The first-order valence-electron chi connectivity index (χ1n) is 5.94. The van der Waals surface area contributed by atoms with Crippen molar-refractivity contribution in [2.75, 3.05) is 13.1 Å². The Morgan fingerprint density at radius 2 is 2.00 bits per heavy atom. The number of carbonyl (C=O) groups excluding carboxylic acids is 1. The summed E-state index contributed by atoms with van der Waals surface area (Å²) in [5.74, 6) is 0.205.